The molecule has 0 saturated carbocycles. The van der Waals surface area contributed by atoms with Gasteiger partial charge >= 0.3 is 0 Å². The molecule has 1 aliphatic rings. The van der Waals surface area contributed by atoms with Crippen LogP contribution in [-0.4, -0.2) is 44.1 Å². The maximum absolute atomic E-state index is 12.8. The molecule has 25 heavy (non-hydrogen) atoms. The Balaban J connectivity index is 1.45. The highest BCUT2D eigenvalue weighted by Crippen LogP contribution is 2.30. The fourth-order valence-electron chi connectivity index (χ4n) is 3.73. The van der Waals surface area contributed by atoms with E-state index < -0.39 is 0 Å². The second-order valence-electron chi connectivity index (χ2n) is 6.76. The SMILES string of the molecule is CCc1[nH]nc(C(=O)N2CCC(c3cc4cccnc4[nH]3)CC2)c1C. The van der Waals surface area contributed by atoms with Gasteiger partial charge in [-0.1, -0.05) is 6.92 Å². The van der Waals surface area contributed by atoms with E-state index in [9.17, 15) is 4.79 Å². The molecule has 130 valence electrons. The number of H-pyrrole nitrogens is 2. The zero-order chi connectivity index (χ0) is 17.4. The topological polar surface area (TPSA) is 77.7 Å². The molecule has 0 bridgehead atoms. The molecule has 6 nitrogen and oxygen atoms in total. The van der Waals surface area contributed by atoms with Gasteiger partial charge in [0.2, 0.25) is 0 Å². The third-order valence-electron chi connectivity index (χ3n) is 5.30. The van der Waals surface area contributed by atoms with Gasteiger partial charge in [-0.2, -0.15) is 5.10 Å². The molecule has 0 aromatic carbocycles. The van der Waals surface area contributed by atoms with Gasteiger partial charge in [0.15, 0.2) is 5.69 Å². The van der Waals surface area contributed by atoms with Gasteiger partial charge in [0.25, 0.3) is 5.91 Å². The van der Waals surface area contributed by atoms with Gasteiger partial charge in [-0.25, -0.2) is 4.98 Å². The summed E-state index contributed by atoms with van der Waals surface area (Å²) in [6.45, 7) is 5.56. The van der Waals surface area contributed by atoms with E-state index in [1.165, 1.54) is 5.69 Å². The van der Waals surface area contributed by atoms with Crippen molar-refractivity contribution >= 4 is 16.9 Å². The van der Waals surface area contributed by atoms with Crippen LogP contribution in [0, 0.1) is 6.92 Å². The summed E-state index contributed by atoms with van der Waals surface area (Å²) in [6, 6.07) is 6.22. The van der Waals surface area contributed by atoms with Crippen LogP contribution in [0.2, 0.25) is 0 Å². The van der Waals surface area contributed by atoms with Crippen LogP contribution in [0.4, 0.5) is 0 Å². The minimum absolute atomic E-state index is 0.0465. The molecule has 3 aromatic rings. The lowest BCUT2D eigenvalue weighted by molar-refractivity contribution is 0.0705. The standard InChI is InChI=1S/C19H23N5O/c1-3-15-12(2)17(23-22-15)19(25)24-9-6-13(7-10-24)16-11-14-5-4-8-20-18(14)21-16/h4-5,8,11,13H,3,6-7,9-10H2,1-2H3,(H,20,21)(H,22,23). The summed E-state index contributed by atoms with van der Waals surface area (Å²) in [6.07, 6.45) is 4.59. The number of nitrogens with one attached hydrogen (secondary N) is 2. The van der Waals surface area contributed by atoms with Crippen molar-refractivity contribution < 1.29 is 4.79 Å². The molecule has 0 spiro atoms. The van der Waals surface area contributed by atoms with Gasteiger partial charge in [0.05, 0.1) is 0 Å². The number of rotatable bonds is 3. The lowest BCUT2D eigenvalue weighted by atomic mass is 9.93. The van der Waals surface area contributed by atoms with Crippen molar-refractivity contribution in [1.29, 1.82) is 0 Å². The van der Waals surface area contributed by atoms with E-state index in [1.807, 2.05) is 17.9 Å². The number of aryl methyl sites for hydroxylation is 1. The first kappa shape index (κ1) is 15.9. The average molecular weight is 337 g/mol. The van der Waals surface area contributed by atoms with Crippen molar-refractivity contribution in [2.75, 3.05) is 13.1 Å². The lowest BCUT2D eigenvalue weighted by Gasteiger charge is -2.31. The van der Waals surface area contributed by atoms with Crippen LogP contribution in [0.3, 0.4) is 0 Å². The van der Waals surface area contributed by atoms with Crippen molar-refractivity contribution in [2.45, 2.75) is 39.0 Å². The van der Waals surface area contributed by atoms with Gasteiger partial charge < -0.3 is 9.88 Å². The summed E-state index contributed by atoms with van der Waals surface area (Å²) in [5.41, 5.74) is 4.77. The average Bonchev–Trinajstić information content (AvgIpc) is 3.24. The Morgan fingerprint density at radius 3 is 2.84 bits per heavy atom. The monoisotopic (exact) mass is 337 g/mol. The van der Waals surface area contributed by atoms with Crippen LogP contribution in [0.1, 0.15) is 53.1 Å². The number of aromatic nitrogens is 4. The van der Waals surface area contributed by atoms with E-state index in [2.05, 4.69) is 39.2 Å². The fourth-order valence-corrected chi connectivity index (χ4v) is 3.73. The van der Waals surface area contributed by atoms with Gasteiger partial charge in [-0.15, -0.1) is 0 Å². The van der Waals surface area contributed by atoms with Crippen LogP contribution in [-0.2, 0) is 6.42 Å². The number of carbonyl (C=O) groups excluding carboxylic acids is 1. The number of nitrogens with zero attached hydrogens (tertiary/aromatic N) is 3. The number of pyridine rings is 1. The Labute approximate surface area is 146 Å². The molecule has 0 radical (unpaired) electrons. The van der Waals surface area contributed by atoms with E-state index >= 15 is 0 Å². The largest absolute Gasteiger partial charge is 0.343 e. The summed E-state index contributed by atoms with van der Waals surface area (Å²) < 4.78 is 0. The third kappa shape index (κ3) is 2.81. The van der Waals surface area contributed by atoms with Crippen molar-refractivity contribution in [2.24, 2.45) is 0 Å². The fraction of sp³-hybridized carbons (Fsp3) is 0.421. The molecule has 0 unspecified atom stereocenters. The number of carbonyl (C=O) groups is 1. The van der Waals surface area contributed by atoms with Gasteiger partial charge in [0.1, 0.15) is 5.65 Å². The van der Waals surface area contributed by atoms with Crippen LogP contribution in [0.25, 0.3) is 11.0 Å². The van der Waals surface area contributed by atoms with Crippen LogP contribution in [0.5, 0.6) is 0 Å². The summed E-state index contributed by atoms with van der Waals surface area (Å²) in [7, 11) is 0. The molecular weight excluding hydrogens is 314 g/mol. The molecule has 2 N–H and O–H groups in total. The van der Waals surface area contributed by atoms with E-state index in [-0.39, 0.29) is 5.91 Å². The predicted molar refractivity (Wildman–Crippen MR) is 96.7 cm³/mol. The second kappa shape index (κ2) is 6.35. The molecular formula is C19H23N5O. The number of hydrogen-bond donors (Lipinski definition) is 2. The molecule has 1 aliphatic heterocycles. The molecule has 4 heterocycles. The van der Waals surface area contributed by atoms with Crippen LogP contribution >= 0.6 is 0 Å². The Bertz CT molecular complexity index is 869. The first-order chi connectivity index (χ1) is 12.2. The number of piperidine rings is 1. The first-order valence-electron chi connectivity index (χ1n) is 8.94. The quantitative estimate of drug-likeness (QED) is 0.770. The number of likely N-dealkylation sites (tertiary alicyclic amines) is 1. The molecule has 1 saturated heterocycles. The second-order valence-corrected chi connectivity index (χ2v) is 6.76. The molecule has 3 aromatic heterocycles. The Morgan fingerprint density at radius 2 is 2.16 bits per heavy atom. The van der Waals surface area contributed by atoms with Gasteiger partial charge in [0, 0.05) is 47.5 Å². The van der Waals surface area contributed by atoms with E-state index in [0.29, 0.717) is 11.6 Å². The highest BCUT2D eigenvalue weighted by Gasteiger charge is 2.28. The molecule has 0 aliphatic carbocycles. The maximum atomic E-state index is 12.8. The van der Waals surface area contributed by atoms with Gasteiger partial charge in [-0.05, 0) is 44.4 Å². The van der Waals surface area contributed by atoms with Crippen molar-refractivity contribution in [1.82, 2.24) is 25.1 Å². The van der Waals surface area contributed by atoms with Crippen molar-refractivity contribution in [3.63, 3.8) is 0 Å². The summed E-state index contributed by atoms with van der Waals surface area (Å²) in [5.74, 6) is 0.495. The third-order valence-corrected chi connectivity index (χ3v) is 5.30. The Morgan fingerprint density at radius 1 is 1.36 bits per heavy atom. The van der Waals surface area contributed by atoms with Crippen LogP contribution in [0.15, 0.2) is 24.4 Å². The molecule has 6 heteroatoms. The highest BCUT2D eigenvalue weighted by atomic mass is 16.2. The van der Waals surface area contributed by atoms with E-state index in [0.717, 1.165) is 54.6 Å². The van der Waals surface area contributed by atoms with Crippen LogP contribution < -0.4 is 0 Å². The Hall–Kier alpha value is -2.63. The molecule has 4 rings (SSSR count). The van der Waals surface area contributed by atoms with E-state index in [4.69, 9.17) is 0 Å². The lowest BCUT2D eigenvalue weighted by Crippen LogP contribution is -2.38. The zero-order valence-corrected chi connectivity index (χ0v) is 14.7. The van der Waals surface area contributed by atoms with E-state index in [1.54, 1.807) is 6.20 Å². The maximum Gasteiger partial charge on any atom is 0.274 e. The molecule has 1 fully saturated rings. The number of aromatic amines is 2. The molecule has 1 amide bonds. The smallest absolute Gasteiger partial charge is 0.274 e. The van der Waals surface area contributed by atoms with Crippen molar-refractivity contribution in [3.8, 4) is 0 Å². The predicted octanol–water partition coefficient (Wildman–Crippen LogP) is 3.18. The normalized spacial score (nSPS) is 15.8. The summed E-state index contributed by atoms with van der Waals surface area (Å²) in [5, 5.41) is 8.37. The first-order valence-corrected chi connectivity index (χ1v) is 8.94. The summed E-state index contributed by atoms with van der Waals surface area (Å²) in [4.78, 5) is 22.5. The van der Waals surface area contributed by atoms with Gasteiger partial charge in [-0.3, -0.25) is 9.89 Å². The summed E-state index contributed by atoms with van der Waals surface area (Å²) >= 11 is 0. The minimum Gasteiger partial charge on any atom is -0.343 e. The molecule has 0 atom stereocenters. The highest BCUT2D eigenvalue weighted by molar-refractivity contribution is 5.94. The zero-order valence-electron chi connectivity index (χ0n) is 14.7. The Kier molecular flexibility index (Phi) is 4.03. The number of fused-ring (bicyclic) bond motifs is 1. The number of hydrogen-bond acceptors (Lipinski definition) is 3. The van der Waals surface area contributed by atoms with Crippen molar-refractivity contribution in [3.05, 3.63) is 47.0 Å². The number of amides is 1. The minimum atomic E-state index is 0.0465.